The number of allylic oxidation sites excluding steroid dienone is 4. The summed E-state index contributed by atoms with van der Waals surface area (Å²) in [5.41, 5.74) is 5.46. The number of nitrogens with zero attached hydrogens (tertiary/aromatic N) is 2. The van der Waals surface area contributed by atoms with E-state index in [1.165, 1.54) is 0 Å². The Balaban J connectivity index is 1.54. The smallest absolute Gasteiger partial charge is 0.270 e. The molecule has 5 rings (SSSR count). The van der Waals surface area contributed by atoms with Crippen molar-refractivity contribution in [3.05, 3.63) is 115 Å². The minimum Gasteiger partial charge on any atom is -0.337 e. The molecule has 3 aromatic carbocycles. The summed E-state index contributed by atoms with van der Waals surface area (Å²) in [4.78, 5) is 7.71. The van der Waals surface area contributed by atoms with E-state index in [0.717, 1.165) is 34.4 Å². The first-order valence-electron chi connectivity index (χ1n) is 11.5. The summed E-state index contributed by atoms with van der Waals surface area (Å²) in [6.07, 6.45) is 7.20. The van der Waals surface area contributed by atoms with E-state index in [4.69, 9.17) is 0 Å². The van der Waals surface area contributed by atoms with Gasteiger partial charge in [0.1, 0.15) is 0 Å². The van der Waals surface area contributed by atoms with Crippen LogP contribution in [0.25, 0.3) is 16.7 Å². The van der Waals surface area contributed by atoms with Crippen LogP contribution in [0.1, 0.15) is 18.9 Å². The van der Waals surface area contributed by atoms with Crippen LogP contribution < -0.4 is 10.6 Å². The van der Waals surface area contributed by atoms with E-state index < -0.39 is 11.9 Å². The monoisotopic (exact) mass is 466 g/mol. The largest absolute Gasteiger partial charge is 0.337 e. The fraction of sp³-hybridized carbons (Fsp3) is 0.103. The van der Waals surface area contributed by atoms with E-state index in [1.54, 1.807) is 0 Å². The minimum absolute atomic E-state index is 0.0904. The number of anilines is 4. The number of benzene rings is 3. The lowest BCUT2D eigenvalue weighted by atomic mass is 9.87. The molecule has 0 radical (unpaired) electrons. The quantitative estimate of drug-likeness (QED) is 0.303. The summed E-state index contributed by atoms with van der Waals surface area (Å²) in [5, 5.41) is 6.37. The molecule has 0 amide bonds. The molecule has 1 unspecified atom stereocenters. The van der Waals surface area contributed by atoms with Gasteiger partial charge in [-0.15, -0.1) is 0 Å². The van der Waals surface area contributed by atoms with Crippen molar-refractivity contribution in [2.75, 3.05) is 10.6 Å². The van der Waals surface area contributed by atoms with Crippen molar-refractivity contribution in [3.63, 3.8) is 0 Å². The molecule has 0 fully saturated rings. The number of rotatable bonds is 6. The average Bonchev–Trinajstić information content (AvgIpc) is 2.89. The molecule has 0 spiro atoms. The number of nitrogens with one attached hydrogen (secondary N) is 2. The van der Waals surface area contributed by atoms with E-state index in [-0.39, 0.29) is 11.6 Å². The molecule has 1 aromatic heterocycles. The zero-order valence-electron chi connectivity index (χ0n) is 19.2. The second-order valence-corrected chi connectivity index (χ2v) is 8.40. The SMILES string of the molecule is CC1CC=CC=C1c1ccccc1Nc1nc(F)c(F)nc1Nc1ccccc1-c1ccccc1. The number of hydrogen-bond donors (Lipinski definition) is 2. The van der Waals surface area contributed by atoms with Crippen molar-refractivity contribution < 1.29 is 8.78 Å². The molecule has 4 aromatic rings. The second-order valence-electron chi connectivity index (χ2n) is 8.40. The fourth-order valence-electron chi connectivity index (χ4n) is 4.23. The first kappa shape index (κ1) is 22.5. The Bertz CT molecular complexity index is 1410. The molecular weight excluding hydrogens is 442 g/mol. The van der Waals surface area contributed by atoms with Crippen LogP contribution >= 0.6 is 0 Å². The summed E-state index contributed by atoms with van der Waals surface area (Å²) >= 11 is 0. The van der Waals surface area contributed by atoms with Crippen LogP contribution in [0.3, 0.4) is 0 Å². The van der Waals surface area contributed by atoms with E-state index in [2.05, 4.69) is 39.7 Å². The lowest BCUT2D eigenvalue weighted by molar-refractivity contribution is 0.455. The third-order valence-corrected chi connectivity index (χ3v) is 6.00. The molecule has 6 heteroatoms. The molecule has 0 bridgehead atoms. The minimum atomic E-state index is -1.27. The maximum absolute atomic E-state index is 14.2. The standard InChI is InChI=1S/C29H24F2N4/c1-19-11-5-6-14-21(19)23-16-8-10-18-25(23)33-29-28(34-26(30)27(31)35-29)32-24-17-9-7-15-22(24)20-12-3-2-4-13-20/h2-10,12-19H,11H2,1H3,(H,32,34)(H,33,35). The molecule has 0 aliphatic heterocycles. The highest BCUT2D eigenvalue weighted by Gasteiger charge is 2.19. The predicted octanol–water partition coefficient (Wildman–Crippen LogP) is 7.89. The lowest BCUT2D eigenvalue weighted by Crippen LogP contribution is -2.09. The van der Waals surface area contributed by atoms with Crippen molar-refractivity contribution in [1.82, 2.24) is 9.97 Å². The van der Waals surface area contributed by atoms with Crippen LogP contribution in [0.4, 0.5) is 31.8 Å². The first-order chi connectivity index (χ1) is 17.1. The van der Waals surface area contributed by atoms with Gasteiger partial charge in [0.25, 0.3) is 11.9 Å². The van der Waals surface area contributed by atoms with Gasteiger partial charge < -0.3 is 10.6 Å². The molecule has 4 nitrogen and oxygen atoms in total. The van der Waals surface area contributed by atoms with Crippen molar-refractivity contribution >= 4 is 28.6 Å². The summed E-state index contributed by atoms with van der Waals surface area (Å²) in [7, 11) is 0. The van der Waals surface area contributed by atoms with Crippen molar-refractivity contribution in [2.24, 2.45) is 5.92 Å². The van der Waals surface area contributed by atoms with Crippen molar-refractivity contribution in [1.29, 1.82) is 0 Å². The van der Waals surface area contributed by atoms with Crippen molar-refractivity contribution in [3.8, 4) is 11.1 Å². The van der Waals surface area contributed by atoms with Gasteiger partial charge in [0.05, 0.1) is 0 Å². The van der Waals surface area contributed by atoms with Gasteiger partial charge in [0.15, 0.2) is 11.6 Å². The average molecular weight is 467 g/mol. The van der Waals surface area contributed by atoms with E-state index >= 15 is 0 Å². The first-order valence-corrected chi connectivity index (χ1v) is 11.5. The molecular formula is C29H24F2N4. The van der Waals surface area contributed by atoms with Crippen LogP contribution in [-0.4, -0.2) is 9.97 Å². The highest BCUT2D eigenvalue weighted by atomic mass is 19.2. The summed E-state index contributed by atoms with van der Waals surface area (Å²) < 4.78 is 28.4. The highest BCUT2D eigenvalue weighted by molar-refractivity contribution is 5.85. The normalized spacial score (nSPS) is 14.9. The number of aromatic nitrogens is 2. The molecule has 35 heavy (non-hydrogen) atoms. The molecule has 1 aliphatic rings. The fourth-order valence-corrected chi connectivity index (χ4v) is 4.23. The van der Waals surface area contributed by atoms with Gasteiger partial charge in [-0.1, -0.05) is 91.9 Å². The van der Waals surface area contributed by atoms with Gasteiger partial charge in [-0.05, 0) is 35.6 Å². The van der Waals surface area contributed by atoms with Crippen LogP contribution in [0, 0.1) is 17.8 Å². The third kappa shape index (κ3) is 4.82. The topological polar surface area (TPSA) is 49.8 Å². The van der Waals surface area contributed by atoms with Crippen LogP contribution in [0.5, 0.6) is 0 Å². The Hall–Kier alpha value is -4.32. The second kappa shape index (κ2) is 9.89. The predicted molar refractivity (Wildman–Crippen MR) is 138 cm³/mol. The third-order valence-electron chi connectivity index (χ3n) is 6.00. The molecule has 1 heterocycles. The zero-order valence-corrected chi connectivity index (χ0v) is 19.2. The Labute approximate surface area is 203 Å². The Morgan fingerprint density at radius 1 is 0.714 bits per heavy atom. The molecule has 0 saturated carbocycles. The van der Waals surface area contributed by atoms with Gasteiger partial charge in [-0.2, -0.15) is 18.7 Å². The summed E-state index contributed by atoms with van der Waals surface area (Å²) in [6, 6.07) is 25.2. The summed E-state index contributed by atoms with van der Waals surface area (Å²) in [5.74, 6) is -2.02. The van der Waals surface area contributed by atoms with Gasteiger partial charge in [0, 0.05) is 22.5 Å². The molecule has 1 atom stereocenters. The van der Waals surface area contributed by atoms with E-state index in [0.29, 0.717) is 11.6 Å². The van der Waals surface area contributed by atoms with Gasteiger partial charge in [0.2, 0.25) is 0 Å². The number of para-hydroxylation sites is 2. The van der Waals surface area contributed by atoms with E-state index in [9.17, 15) is 8.78 Å². The maximum atomic E-state index is 14.2. The lowest BCUT2D eigenvalue weighted by Gasteiger charge is -2.21. The van der Waals surface area contributed by atoms with Gasteiger partial charge in [-0.3, -0.25) is 0 Å². The zero-order chi connectivity index (χ0) is 24.2. The number of hydrogen-bond acceptors (Lipinski definition) is 4. The Kier molecular flexibility index (Phi) is 6.35. The van der Waals surface area contributed by atoms with Crippen LogP contribution in [0.2, 0.25) is 0 Å². The van der Waals surface area contributed by atoms with Crippen LogP contribution in [0.15, 0.2) is 97.1 Å². The molecule has 2 N–H and O–H groups in total. The summed E-state index contributed by atoms with van der Waals surface area (Å²) in [6.45, 7) is 2.16. The molecule has 1 aliphatic carbocycles. The Morgan fingerprint density at radius 2 is 1.26 bits per heavy atom. The Morgan fingerprint density at radius 3 is 1.89 bits per heavy atom. The number of halogens is 2. The molecule has 174 valence electrons. The molecule has 0 saturated heterocycles. The van der Waals surface area contributed by atoms with Crippen LogP contribution in [-0.2, 0) is 0 Å². The van der Waals surface area contributed by atoms with Gasteiger partial charge in [-0.25, -0.2) is 0 Å². The van der Waals surface area contributed by atoms with Gasteiger partial charge >= 0.3 is 0 Å². The van der Waals surface area contributed by atoms with Crippen molar-refractivity contribution in [2.45, 2.75) is 13.3 Å². The maximum Gasteiger partial charge on any atom is 0.270 e. The van der Waals surface area contributed by atoms with E-state index in [1.807, 2.05) is 84.9 Å². The highest BCUT2D eigenvalue weighted by Crippen LogP contribution is 2.37.